The van der Waals surface area contributed by atoms with Crippen molar-refractivity contribution in [2.24, 2.45) is 5.92 Å². The highest BCUT2D eigenvalue weighted by atomic mass is 35.5. The lowest BCUT2D eigenvalue weighted by Gasteiger charge is -2.23. The summed E-state index contributed by atoms with van der Waals surface area (Å²) in [5.41, 5.74) is 2.84. The van der Waals surface area contributed by atoms with Gasteiger partial charge in [-0.2, -0.15) is 5.21 Å². The van der Waals surface area contributed by atoms with Gasteiger partial charge in [-0.25, -0.2) is 0 Å². The van der Waals surface area contributed by atoms with E-state index in [0.717, 1.165) is 16.7 Å². The van der Waals surface area contributed by atoms with Crippen LogP contribution < -0.4 is 0 Å². The van der Waals surface area contributed by atoms with E-state index in [1.807, 2.05) is 61.5 Å². The molecule has 0 saturated heterocycles. The third-order valence-electron chi connectivity index (χ3n) is 6.30. The molecule has 2 aliphatic rings. The second kappa shape index (κ2) is 8.19. The van der Waals surface area contributed by atoms with Gasteiger partial charge in [-0.05, 0) is 35.6 Å². The number of rotatable bonds is 5. The summed E-state index contributed by atoms with van der Waals surface area (Å²) in [6.07, 6.45) is 1.23. The maximum atomic E-state index is 13.4. The summed E-state index contributed by atoms with van der Waals surface area (Å²) in [6, 6.07) is 17.5. The Kier molecular flexibility index (Phi) is 5.35. The van der Waals surface area contributed by atoms with Gasteiger partial charge in [0.1, 0.15) is 12.4 Å². The molecule has 1 heterocycles. The van der Waals surface area contributed by atoms with Crippen LogP contribution in [0, 0.1) is 5.92 Å². The van der Waals surface area contributed by atoms with Crippen molar-refractivity contribution >= 4 is 29.0 Å². The number of H-pyrrole nitrogens is 1. The zero-order valence-electron chi connectivity index (χ0n) is 17.3. The zero-order valence-corrected chi connectivity index (χ0v) is 18.8. The highest BCUT2D eigenvalue weighted by Crippen LogP contribution is 2.52. The predicted octanol–water partition coefficient (Wildman–Crippen LogP) is 5.28. The van der Waals surface area contributed by atoms with Gasteiger partial charge in [-0.15, -0.1) is 10.2 Å². The lowest BCUT2D eigenvalue weighted by molar-refractivity contribution is -0.118. The number of carbonyl (C=O) groups excluding carboxylic acids is 1. The minimum absolute atomic E-state index is 0.0154. The van der Waals surface area contributed by atoms with E-state index in [1.165, 1.54) is 0 Å². The number of fused-ring (bicyclic) bond motifs is 1. The number of aromatic amines is 1. The summed E-state index contributed by atoms with van der Waals surface area (Å²) in [4.78, 5) is 13.4. The molecule has 2 unspecified atom stereocenters. The van der Waals surface area contributed by atoms with Crippen LogP contribution in [0.4, 0.5) is 0 Å². The highest BCUT2D eigenvalue weighted by molar-refractivity contribution is 6.46. The molecule has 0 radical (unpaired) electrons. The monoisotopic (exact) mass is 466 g/mol. The minimum atomic E-state index is -0.612. The molecule has 1 saturated carbocycles. The van der Waals surface area contributed by atoms with Gasteiger partial charge in [0.25, 0.3) is 0 Å². The first kappa shape index (κ1) is 20.9. The Morgan fingerprint density at radius 3 is 2.53 bits per heavy atom. The van der Waals surface area contributed by atoms with Crippen LogP contribution in [0.1, 0.15) is 30.9 Å². The van der Waals surface area contributed by atoms with Crippen LogP contribution in [0.15, 0.2) is 76.0 Å². The van der Waals surface area contributed by atoms with E-state index in [4.69, 9.17) is 27.9 Å². The molecule has 8 heteroatoms. The van der Waals surface area contributed by atoms with Crippen molar-refractivity contribution in [1.82, 2.24) is 20.6 Å². The minimum Gasteiger partial charge on any atom is -0.492 e. The number of nitrogens with zero attached hydrogens (tertiary/aromatic N) is 3. The fourth-order valence-corrected chi connectivity index (χ4v) is 5.14. The van der Waals surface area contributed by atoms with Gasteiger partial charge >= 0.3 is 0 Å². The third kappa shape index (κ3) is 3.53. The Morgan fingerprint density at radius 2 is 1.84 bits per heavy atom. The number of nitrogens with one attached hydrogen (secondary N) is 1. The molecule has 2 atom stereocenters. The van der Waals surface area contributed by atoms with E-state index in [1.54, 1.807) is 0 Å². The molecule has 6 nitrogen and oxygen atoms in total. The maximum Gasteiger partial charge on any atom is 0.204 e. The number of allylic oxidation sites excluding steroid dienone is 4. The van der Waals surface area contributed by atoms with Crippen LogP contribution in [-0.4, -0.2) is 26.4 Å². The normalized spacial score (nSPS) is 23.0. The lowest BCUT2D eigenvalue weighted by Crippen LogP contribution is -2.27. The molecular formula is C24H20Cl2N4O2. The van der Waals surface area contributed by atoms with Crippen molar-refractivity contribution in [3.8, 4) is 11.4 Å². The van der Waals surface area contributed by atoms with Crippen molar-refractivity contribution in [3.63, 3.8) is 0 Å². The summed E-state index contributed by atoms with van der Waals surface area (Å²) < 4.78 is 6.07. The van der Waals surface area contributed by atoms with Gasteiger partial charge < -0.3 is 4.74 Å². The molecular weight excluding hydrogens is 447 g/mol. The first-order valence-corrected chi connectivity index (χ1v) is 11.1. The molecule has 2 aromatic carbocycles. The fraction of sp³-hybridized carbons (Fsp3) is 0.250. The number of Topliss-reactive ketones (excluding diaryl/α,β-unsaturated/α-hetero) is 1. The topological polar surface area (TPSA) is 80.8 Å². The van der Waals surface area contributed by atoms with Crippen LogP contribution in [0.25, 0.3) is 11.4 Å². The second-order valence-corrected chi connectivity index (χ2v) is 9.07. The molecule has 3 aromatic rings. The summed E-state index contributed by atoms with van der Waals surface area (Å²) in [5.74, 6) is 1.19. The van der Waals surface area contributed by atoms with Crippen LogP contribution in [0.5, 0.6) is 0 Å². The smallest absolute Gasteiger partial charge is 0.204 e. The SMILES string of the molecule is CC1(c2ccccc2)CC2CC(OCc3ccc(-c4nn[nH]n4)cc3)=C(Cl)C(Cl)=C2C1=O. The molecule has 1 fully saturated rings. The largest absolute Gasteiger partial charge is 0.492 e. The first-order chi connectivity index (χ1) is 15.5. The quantitative estimate of drug-likeness (QED) is 0.553. The summed E-state index contributed by atoms with van der Waals surface area (Å²) in [5, 5.41) is 14.6. The molecule has 2 aliphatic carbocycles. The molecule has 0 bridgehead atoms. The number of hydrogen-bond acceptors (Lipinski definition) is 5. The van der Waals surface area contributed by atoms with E-state index in [2.05, 4.69) is 20.6 Å². The molecule has 32 heavy (non-hydrogen) atoms. The van der Waals surface area contributed by atoms with E-state index < -0.39 is 5.41 Å². The van der Waals surface area contributed by atoms with Crippen molar-refractivity contribution in [1.29, 1.82) is 0 Å². The van der Waals surface area contributed by atoms with Crippen LogP contribution in [0.3, 0.4) is 0 Å². The van der Waals surface area contributed by atoms with E-state index in [0.29, 0.717) is 46.7 Å². The molecule has 162 valence electrons. The predicted molar refractivity (Wildman–Crippen MR) is 122 cm³/mol. The number of aromatic nitrogens is 4. The Hall–Kier alpha value is -2.96. The Morgan fingerprint density at radius 1 is 1.09 bits per heavy atom. The number of ketones is 1. The number of benzene rings is 2. The Labute approximate surface area is 195 Å². The van der Waals surface area contributed by atoms with Gasteiger partial charge in [0.05, 0.1) is 15.5 Å². The average molecular weight is 467 g/mol. The van der Waals surface area contributed by atoms with Crippen molar-refractivity contribution in [3.05, 3.63) is 87.1 Å². The molecule has 0 amide bonds. The summed E-state index contributed by atoms with van der Waals surface area (Å²) in [7, 11) is 0. The lowest BCUT2D eigenvalue weighted by atomic mass is 9.79. The zero-order chi connectivity index (χ0) is 22.3. The number of ether oxygens (including phenoxy) is 1. The second-order valence-electron chi connectivity index (χ2n) is 8.32. The standard InChI is InChI=1S/C24H20Cl2N4O2/c1-24(17-5-3-2-4-6-17)12-16-11-18(20(25)21(26)19(16)22(24)31)32-13-14-7-9-15(10-8-14)23-27-29-30-28-23/h2-10,16H,11-13H2,1H3,(H,27,28,29,30). The van der Waals surface area contributed by atoms with Crippen molar-refractivity contribution in [2.45, 2.75) is 31.8 Å². The Balaban J connectivity index is 1.33. The number of tetrazole rings is 1. The summed E-state index contributed by atoms with van der Waals surface area (Å²) in [6.45, 7) is 2.33. The van der Waals surface area contributed by atoms with Crippen molar-refractivity contribution in [2.75, 3.05) is 0 Å². The maximum absolute atomic E-state index is 13.4. The van der Waals surface area contributed by atoms with Gasteiger partial charge in [0.2, 0.25) is 5.82 Å². The van der Waals surface area contributed by atoms with Crippen LogP contribution in [-0.2, 0) is 21.6 Å². The third-order valence-corrected chi connectivity index (χ3v) is 7.19. The fourth-order valence-electron chi connectivity index (χ4n) is 4.56. The van der Waals surface area contributed by atoms with E-state index in [-0.39, 0.29) is 11.7 Å². The molecule has 5 rings (SSSR count). The van der Waals surface area contributed by atoms with E-state index >= 15 is 0 Å². The molecule has 0 aliphatic heterocycles. The van der Waals surface area contributed by atoms with Gasteiger partial charge in [-0.3, -0.25) is 4.79 Å². The molecule has 0 spiro atoms. The number of carbonyl (C=O) groups is 1. The van der Waals surface area contributed by atoms with Gasteiger partial charge in [0.15, 0.2) is 5.78 Å². The first-order valence-electron chi connectivity index (χ1n) is 10.3. The van der Waals surface area contributed by atoms with Crippen LogP contribution >= 0.6 is 23.2 Å². The van der Waals surface area contributed by atoms with Gasteiger partial charge in [-0.1, -0.05) is 77.8 Å². The van der Waals surface area contributed by atoms with Crippen LogP contribution in [0.2, 0.25) is 0 Å². The van der Waals surface area contributed by atoms with E-state index in [9.17, 15) is 4.79 Å². The van der Waals surface area contributed by atoms with Crippen molar-refractivity contribution < 1.29 is 9.53 Å². The molecule has 1 aromatic heterocycles. The molecule has 1 N–H and O–H groups in total. The Bertz CT molecular complexity index is 1220. The summed E-state index contributed by atoms with van der Waals surface area (Å²) >= 11 is 13.1. The number of halogens is 2. The highest BCUT2D eigenvalue weighted by Gasteiger charge is 2.50. The number of hydrogen-bond donors (Lipinski definition) is 1. The van der Waals surface area contributed by atoms with Gasteiger partial charge in [0, 0.05) is 17.6 Å². The average Bonchev–Trinajstić information content (AvgIpc) is 3.44.